The van der Waals surface area contributed by atoms with Gasteiger partial charge in [0.1, 0.15) is 0 Å². The molecule has 0 saturated carbocycles. The summed E-state index contributed by atoms with van der Waals surface area (Å²) < 4.78 is 17.3. The van der Waals surface area contributed by atoms with E-state index in [1.807, 2.05) is 109 Å². The minimum Gasteiger partial charge on any atom is -0.453 e. The van der Waals surface area contributed by atoms with E-state index in [4.69, 9.17) is 9.47 Å². The van der Waals surface area contributed by atoms with Crippen molar-refractivity contribution in [1.29, 1.82) is 21.0 Å². The molecule has 0 amide bonds. The molecule has 0 radical (unpaired) electrons. The van der Waals surface area contributed by atoms with E-state index >= 15 is 0 Å². The first-order chi connectivity index (χ1) is 39.5. The first-order valence-electron chi connectivity index (χ1n) is 26.0. The lowest BCUT2D eigenvalue weighted by molar-refractivity contribution is 0.477. The van der Waals surface area contributed by atoms with Gasteiger partial charge in [-0.15, -0.1) is 0 Å². The lowest BCUT2D eigenvalue weighted by Gasteiger charge is -2.32. The highest BCUT2D eigenvalue weighted by Gasteiger charge is 2.33. The summed E-state index contributed by atoms with van der Waals surface area (Å²) in [6.45, 7) is 0. The first kappa shape index (κ1) is 45.6. The Morgan fingerprint density at radius 2 is 0.637 bits per heavy atom. The average molecular weight is 1020 g/mol. The number of ether oxygens (including phenoxy) is 2. The van der Waals surface area contributed by atoms with Crippen molar-refractivity contribution in [2.45, 2.75) is 0 Å². The van der Waals surface area contributed by atoms with Gasteiger partial charge < -0.3 is 28.4 Å². The monoisotopic (exact) mass is 1020 g/mol. The van der Waals surface area contributed by atoms with Crippen molar-refractivity contribution in [2.75, 3.05) is 9.80 Å². The van der Waals surface area contributed by atoms with Crippen LogP contribution in [0.15, 0.2) is 231 Å². The summed E-state index contributed by atoms with van der Waals surface area (Å²) in [5.74, 6) is 2.97. The second kappa shape index (κ2) is 17.9. The van der Waals surface area contributed by atoms with E-state index in [2.05, 4.69) is 140 Å². The standard InChI is InChI=1S/C70H38N8O2/c71-39-43-25-27-45(41-73)53(37-43)67-65-51-13-1-3-15-55(51)77(49-33-29-47(30-34-49)75-57-17-5-9-21-61(57)79-62-22-10-6-18-58(62)75)69(65)68(54-38-44(40-72)26-28-46(54)42-74)66-52-14-2-4-16-56(52)78(70(66)67)50-35-31-48(32-36-50)76-59-19-7-11-23-63(59)80-64-24-12-8-20-60(64)76/h1-38H. The Bertz CT molecular complexity index is 4560. The largest absolute Gasteiger partial charge is 0.453 e. The summed E-state index contributed by atoms with van der Waals surface area (Å²) in [6, 6.07) is 85.6. The molecule has 4 heterocycles. The normalized spacial score (nSPS) is 12.1. The van der Waals surface area contributed by atoms with E-state index in [1.165, 1.54) is 0 Å². The number of hydrogen-bond donors (Lipinski definition) is 0. The quantitative estimate of drug-likeness (QED) is 0.161. The molecule has 370 valence electrons. The van der Waals surface area contributed by atoms with Crippen LogP contribution in [-0.4, -0.2) is 9.13 Å². The molecule has 2 aliphatic rings. The Balaban J connectivity index is 1.08. The number of benzene rings is 11. The van der Waals surface area contributed by atoms with E-state index in [0.717, 1.165) is 123 Å². The van der Waals surface area contributed by atoms with Gasteiger partial charge in [0.05, 0.1) is 91.3 Å². The van der Waals surface area contributed by atoms with Gasteiger partial charge in [0.25, 0.3) is 0 Å². The molecule has 10 nitrogen and oxygen atoms in total. The molecule has 2 aliphatic heterocycles. The predicted molar refractivity (Wildman–Crippen MR) is 314 cm³/mol. The van der Waals surface area contributed by atoms with Crippen LogP contribution in [0, 0.1) is 45.3 Å². The Morgan fingerprint density at radius 3 is 0.988 bits per heavy atom. The van der Waals surface area contributed by atoms with Crippen LogP contribution < -0.4 is 19.3 Å². The maximum absolute atomic E-state index is 11.2. The third-order valence-corrected chi connectivity index (χ3v) is 15.4. The topological polar surface area (TPSA) is 130 Å². The highest BCUT2D eigenvalue weighted by atomic mass is 16.5. The Labute approximate surface area is 458 Å². The molecule has 2 aromatic heterocycles. The Hall–Kier alpha value is -11.8. The SMILES string of the molecule is N#Cc1ccc(C#N)c(-c2c3c4ccccc4n(-c4ccc(N5c6ccccc6Oc6ccccc65)cc4)c3c(-c3cc(C#N)ccc3C#N)c3c4ccccc4n(-c4ccc(N5c6ccccc6Oc6ccccc65)cc4)c23)c1. The molecule has 0 atom stereocenters. The minimum atomic E-state index is 0.382. The van der Waals surface area contributed by atoms with E-state index in [9.17, 15) is 21.0 Å². The van der Waals surface area contributed by atoms with Gasteiger partial charge in [0.15, 0.2) is 23.0 Å². The van der Waals surface area contributed by atoms with Gasteiger partial charge in [-0.2, -0.15) is 21.0 Å². The zero-order chi connectivity index (χ0) is 53.6. The summed E-state index contributed by atoms with van der Waals surface area (Å²) >= 11 is 0. The molecule has 0 fully saturated rings. The smallest absolute Gasteiger partial charge is 0.151 e. The first-order valence-corrected chi connectivity index (χ1v) is 26.0. The van der Waals surface area contributed by atoms with Gasteiger partial charge in [0, 0.05) is 66.5 Å². The summed E-state index contributed by atoms with van der Waals surface area (Å²) in [7, 11) is 0. The van der Waals surface area contributed by atoms with E-state index in [1.54, 1.807) is 24.3 Å². The fourth-order valence-electron chi connectivity index (χ4n) is 12.1. The molecular formula is C70H38N8O2. The fourth-order valence-corrected chi connectivity index (χ4v) is 12.1. The van der Waals surface area contributed by atoms with Gasteiger partial charge in [-0.1, -0.05) is 84.9 Å². The second-order valence-electron chi connectivity index (χ2n) is 19.6. The van der Waals surface area contributed by atoms with Crippen LogP contribution in [-0.2, 0) is 0 Å². The maximum Gasteiger partial charge on any atom is 0.151 e. The van der Waals surface area contributed by atoms with Gasteiger partial charge >= 0.3 is 0 Å². The van der Waals surface area contributed by atoms with Gasteiger partial charge in [-0.3, -0.25) is 0 Å². The van der Waals surface area contributed by atoms with Crippen LogP contribution in [0.5, 0.6) is 23.0 Å². The third kappa shape index (κ3) is 6.74. The van der Waals surface area contributed by atoms with Crippen molar-refractivity contribution < 1.29 is 9.47 Å². The number of hydrogen-bond acceptors (Lipinski definition) is 8. The zero-order valence-corrected chi connectivity index (χ0v) is 42.3. The molecule has 10 heteroatoms. The number of rotatable bonds is 6. The number of fused-ring (bicyclic) bond motifs is 10. The van der Waals surface area contributed by atoms with Gasteiger partial charge in [-0.25, -0.2) is 0 Å². The lowest BCUT2D eigenvalue weighted by atomic mass is 9.86. The highest BCUT2D eigenvalue weighted by molar-refractivity contribution is 6.33. The van der Waals surface area contributed by atoms with Crippen molar-refractivity contribution in [2.24, 2.45) is 0 Å². The Kier molecular flexibility index (Phi) is 10.2. The molecule has 0 aliphatic carbocycles. The predicted octanol–water partition coefficient (Wildman–Crippen LogP) is 17.9. The van der Waals surface area contributed by atoms with Crippen molar-refractivity contribution >= 4 is 77.7 Å². The fraction of sp³-hybridized carbons (Fsp3) is 0. The van der Waals surface area contributed by atoms with E-state index in [-0.39, 0.29) is 0 Å². The summed E-state index contributed by atoms with van der Waals surface area (Å²) in [6.07, 6.45) is 0. The van der Waals surface area contributed by atoms with Crippen molar-refractivity contribution in [1.82, 2.24) is 9.13 Å². The lowest BCUT2D eigenvalue weighted by Crippen LogP contribution is -2.15. The molecule has 0 N–H and O–H groups in total. The molecule has 15 rings (SSSR count). The van der Waals surface area contributed by atoms with Crippen LogP contribution >= 0.6 is 0 Å². The van der Waals surface area contributed by atoms with Gasteiger partial charge in [-0.05, 0) is 146 Å². The maximum atomic E-state index is 11.2. The Morgan fingerprint density at radius 1 is 0.312 bits per heavy atom. The van der Waals surface area contributed by atoms with Gasteiger partial charge in [0.2, 0.25) is 0 Å². The van der Waals surface area contributed by atoms with Crippen molar-refractivity contribution in [3.63, 3.8) is 0 Å². The zero-order valence-electron chi connectivity index (χ0n) is 42.3. The number of nitriles is 4. The molecule has 0 bridgehead atoms. The molecular weight excluding hydrogens is 985 g/mol. The average Bonchev–Trinajstić information content (AvgIpc) is 4.14. The van der Waals surface area contributed by atoms with E-state index in [0.29, 0.717) is 33.4 Å². The molecule has 0 spiro atoms. The van der Waals surface area contributed by atoms with Crippen LogP contribution in [0.3, 0.4) is 0 Å². The number of anilines is 6. The third-order valence-electron chi connectivity index (χ3n) is 15.4. The summed E-state index contributed by atoms with van der Waals surface area (Å²) in [4.78, 5) is 4.41. The summed E-state index contributed by atoms with van der Waals surface area (Å²) in [5, 5.41) is 47.0. The van der Waals surface area contributed by atoms with E-state index < -0.39 is 0 Å². The number of aromatic nitrogens is 2. The molecule has 13 aromatic rings. The number of nitrogens with zero attached hydrogens (tertiary/aromatic N) is 8. The van der Waals surface area contributed by atoms with Crippen LogP contribution in [0.25, 0.3) is 77.2 Å². The summed E-state index contributed by atoms with van der Waals surface area (Å²) in [5.41, 5.74) is 14.5. The minimum absolute atomic E-state index is 0.382. The van der Waals surface area contributed by atoms with Crippen molar-refractivity contribution in [3.8, 4) is 80.9 Å². The number of para-hydroxylation sites is 10. The van der Waals surface area contributed by atoms with Crippen LogP contribution in [0.1, 0.15) is 22.3 Å². The van der Waals surface area contributed by atoms with Crippen LogP contribution in [0.4, 0.5) is 34.1 Å². The molecule has 11 aromatic carbocycles. The van der Waals surface area contributed by atoms with Crippen LogP contribution in [0.2, 0.25) is 0 Å². The molecule has 80 heavy (non-hydrogen) atoms. The molecule has 0 unspecified atom stereocenters. The second-order valence-corrected chi connectivity index (χ2v) is 19.6. The van der Waals surface area contributed by atoms with Crippen molar-refractivity contribution in [3.05, 3.63) is 253 Å². The molecule has 0 saturated heterocycles. The highest BCUT2D eigenvalue weighted by Crippen LogP contribution is 2.55.